The molecule has 138 valence electrons. The van der Waals surface area contributed by atoms with Crippen molar-refractivity contribution in [3.05, 3.63) is 35.9 Å². The lowest BCUT2D eigenvalue weighted by molar-refractivity contribution is -0.142. The third-order valence-corrected chi connectivity index (χ3v) is 6.07. The number of hydrogen-bond acceptors (Lipinski definition) is 3. The molecule has 1 saturated heterocycles. The van der Waals surface area contributed by atoms with E-state index in [2.05, 4.69) is 54.4 Å². The lowest BCUT2D eigenvalue weighted by atomic mass is 9.82. The molecule has 4 heteroatoms. The minimum absolute atomic E-state index is 0.124. The molecule has 1 aromatic carbocycles. The fraction of sp³-hybridized carbons (Fsp3) is 0.667. The molecule has 25 heavy (non-hydrogen) atoms. The van der Waals surface area contributed by atoms with Crippen molar-refractivity contribution in [2.45, 2.75) is 58.2 Å². The van der Waals surface area contributed by atoms with Gasteiger partial charge in [0.1, 0.15) is 0 Å². The van der Waals surface area contributed by atoms with E-state index in [0.29, 0.717) is 23.9 Å². The number of nitrogens with one attached hydrogen (secondary N) is 1. The molecule has 2 N–H and O–H groups in total. The second-order valence-corrected chi connectivity index (χ2v) is 8.21. The van der Waals surface area contributed by atoms with Crippen LogP contribution in [0, 0.1) is 17.8 Å². The summed E-state index contributed by atoms with van der Waals surface area (Å²) < 4.78 is 0. The van der Waals surface area contributed by atoms with Gasteiger partial charge in [-0.2, -0.15) is 0 Å². The number of carbonyl (C=O) groups is 1. The Morgan fingerprint density at radius 3 is 2.24 bits per heavy atom. The monoisotopic (exact) mass is 344 g/mol. The summed E-state index contributed by atoms with van der Waals surface area (Å²) in [7, 11) is 0. The zero-order valence-electron chi connectivity index (χ0n) is 15.5. The van der Waals surface area contributed by atoms with E-state index in [0.717, 1.165) is 45.3 Å². The lowest BCUT2D eigenvalue weighted by Gasteiger charge is -2.44. The van der Waals surface area contributed by atoms with E-state index in [1.807, 2.05) is 0 Å². The molecule has 2 aliphatic rings. The Labute approximate surface area is 151 Å². The molecule has 0 spiro atoms. The van der Waals surface area contributed by atoms with Crippen LogP contribution in [-0.2, 0) is 11.3 Å². The van der Waals surface area contributed by atoms with Crippen LogP contribution in [0.2, 0.25) is 0 Å². The summed E-state index contributed by atoms with van der Waals surface area (Å²) >= 11 is 0. The second-order valence-electron chi connectivity index (χ2n) is 8.21. The number of carboxylic acid groups (broad SMARTS) is 1. The van der Waals surface area contributed by atoms with Gasteiger partial charge in [0.2, 0.25) is 0 Å². The molecular formula is C21H32N2O2. The van der Waals surface area contributed by atoms with Gasteiger partial charge in [0.15, 0.2) is 0 Å². The Hall–Kier alpha value is -1.39. The predicted molar refractivity (Wildman–Crippen MR) is 100 cm³/mol. The fourth-order valence-corrected chi connectivity index (χ4v) is 4.76. The van der Waals surface area contributed by atoms with E-state index in [1.165, 1.54) is 5.56 Å². The largest absolute Gasteiger partial charge is 0.481 e. The van der Waals surface area contributed by atoms with Gasteiger partial charge in [-0.15, -0.1) is 0 Å². The van der Waals surface area contributed by atoms with Crippen LogP contribution in [-0.4, -0.2) is 41.1 Å². The number of rotatable bonds is 5. The van der Waals surface area contributed by atoms with E-state index >= 15 is 0 Å². The van der Waals surface area contributed by atoms with Crippen LogP contribution >= 0.6 is 0 Å². The number of nitrogens with zero attached hydrogens (tertiary/aromatic N) is 1. The molecule has 2 fully saturated rings. The average molecular weight is 344 g/mol. The van der Waals surface area contributed by atoms with Crippen molar-refractivity contribution in [1.29, 1.82) is 0 Å². The molecule has 2 unspecified atom stereocenters. The highest BCUT2D eigenvalue weighted by molar-refractivity contribution is 5.70. The van der Waals surface area contributed by atoms with E-state index in [-0.39, 0.29) is 5.92 Å². The molecule has 1 aliphatic carbocycles. The summed E-state index contributed by atoms with van der Waals surface area (Å²) in [6.07, 6.45) is 3.65. The molecule has 4 nitrogen and oxygen atoms in total. The first kappa shape index (κ1) is 18.4. The first-order chi connectivity index (χ1) is 12.0. The second kappa shape index (κ2) is 8.33. The quantitative estimate of drug-likeness (QED) is 0.860. The zero-order valence-corrected chi connectivity index (χ0v) is 15.5. The standard InChI is InChI=1S/C21H32N2O2/c1-15-12-23(14-17-6-4-3-5-7-17)13-16(2)20(15)22-19-10-8-18(9-11-19)21(24)25/h3-7,15-16,18-20,22H,8-14H2,1-2H3,(H,24,25). The molecule has 2 atom stereocenters. The third-order valence-electron chi connectivity index (χ3n) is 6.07. The van der Waals surface area contributed by atoms with E-state index < -0.39 is 5.97 Å². The minimum atomic E-state index is -0.616. The minimum Gasteiger partial charge on any atom is -0.481 e. The van der Waals surface area contributed by atoms with Gasteiger partial charge in [0.05, 0.1) is 5.92 Å². The predicted octanol–water partition coefficient (Wildman–Crippen LogP) is 3.38. The number of aliphatic carboxylic acids is 1. The molecule has 1 aliphatic heterocycles. The van der Waals surface area contributed by atoms with Crippen molar-refractivity contribution >= 4 is 5.97 Å². The lowest BCUT2D eigenvalue weighted by Crippen LogP contribution is -2.56. The van der Waals surface area contributed by atoms with Gasteiger partial charge < -0.3 is 10.4 Å². The first-order valence-electron chi connectivity index (χ1n) is 9.78. The number of carboxylic acids is 1. The Balaban J connectivity index is 1.50. The topological polar surface area (TPSA) is 52.6 Å². The molecule has 1 saturated carbocycles. The Kier molecular flexibility index (Phi) is 6.13. The molecule has 0 aromatic heterocycles. The van der Waals surface area contributed by atoms with Gasteiger partial charge in [-0.25, -0.2) is 0 Å². The van der Waals surface area contributed by atoms with Gasteiger partial charge in [0.25, 0.3) is 0 Å². The maximum absolute atomic E-state index is 11.1. The van der Waals surface area contributed by atoms with Crippen molar-refractivity contribution in [3.63, 3.8) is 0 Å². The molecule has 0 radical (unpaired) electrons. The third kappa shape index (κ3) is 4.83. The van der Waals surface area contributed by atoms with Crippen LogP contribution < -0.4 is 5.32 Å². The van der Waals surface area contributed by atoms with Crippen molar-refractivity contribution in [1.82, 2.24) is 10.2 Å². The van der Waals surface area contributed by atoms with Crippen LogP contribution in [0.1, 0.15) is 45.1 Å². The SMILES string of the molecule is CC1CN(Cc2ccccc2)CC(C)C1NC1CCC(C(=O)O)CC1. The summed E-state index contributed by atoms with van der Waals surface area (Å²) in [5.74, 6) is 0.490. The number of likely N-dealkylation sites (tertiary alicyclic amines) is 1. The van der Waals surface area contributed by atoms with E-state index in [1.54, 1.807) is 0 Å². The highest BCUT2D eigenvalue weighted by atomic mass is 16.4. The molecule has 0 amide bonds. The van der Waals surface area contributed by atoms with Crippen molar-refractivity contribution in [2.75, 3.05) is 13.1 Å². The zero-order chi connectivity index (χ0) is 17.8. The Bertz CT molecular complexity index is 542. The summed E-state index contributed by atoms with van der Waals surface area (Å²) in [4.78, 5) is 13.7. The maximum atomic E-state index is 11.1. The van der Waals surface area contributed by atoms with Gasteiger partial charge in [0, 0.05) is 31.7 Å². The van der Waals surface area contributed by atoms with Crippen LogP contribution in [0.3, 0.4) is 0 Å². The normalized spacial score (nSPS) is 33.9. The molecule has 0 bridgehead atoms. The van der Waals surface area contributed by atoms with Crippen molar-refractivity contribution in [2.24, 2.45) is 17.8 Å². The van der Waals surface area contributed by atoms with Gasteiger partial charge in [-0.3, -0.25) is 9.69 Å². The number of hydrogen-bond donors (Lipinski definition) is 2. The highest BCUT2D eigenvalue weighted by Crippen LogP contribution is 2.28. The number of benzene rings is 1. The van der Waals surface area contributed by atoms with Crippen LogP contribution in [0.15, 0.2) is 30.3 Å². The highest BCUT2D eigenvalue weighted by Gasteiger charge is 2.34. The smallest absolute Gasteiger partial charge is 0.306 e. The van der Waals surface area contributed by atoms with Crippen LogP contribution in [0.4, 0.5) is 0 Å². The summed E-state index contributed by atoms with van der Waals surface area (Å²) in [5.41, 5.74) is 1.39. The summed E-state index contributed by atoms with van der Waals surface area (Å²) in [5, 5.41) is 13.0. The van der Waals surface area contributed by atoms with Crippen molar-refractivity contribution < 1.29 is 9.90 Å². The van der Waals surface area contributed by atoms with Crippen LogP contribution in [0.25, 0.3) is 0 Å². The summed E-state index contributed by atoms with van der Waals surface area (Å²) in [6, 6.07) is 11.8. The summed E-state index contributed by atoms with van der Waals surface area (Å²) in [6.45, 7) is 8.00. The van der Waals surface area contributed by atoms with E-state index in [4.69, 9.17) is 5.11 Å². The fourth-order valence-electron chi connectivity index (χ4n) is 4.76. The number of piperidine rings is 1. The average Bonchev–Trinajstić information content (AvgIpc) is 2.59. The van der Waals surface area contributed by atoms with Crippen molar-refractivity contribution in [3.8, 4) is 0 Å². The van der Waals surface area contributed by atoms with E-state index in [9.17, 15) is 4.79 Å². The maximum Gasteiger partial charge on any atom is 0.306 e. The van der Waals surface area contributed by atoms with Gasteiger partial charge in [-0.1, -0.05) is 44.2 Å². The molecule has 3 rings (SSSR count). The molecule has 1 aromatic rings. The van der Waals surface area contributed by atoms with Gasteiger partial charge in [-0.05, 0) is 43.1 Å². The van der Waals surface area contributed by atoms with Crippen LogP contribution in [0.5, 0.6) is 0 Å². The molecular weight excluding hydrogens is 312 g/mol. The Morgan fingerprint density at radius 1 is 1.08 bits per heavy atom. The molecule has 1 heterocycles. The first-order valence-corrected chi connectivity index (χ1v) is 9.78. The van der Waals surface area contributed by atoms with Gasteiger partial charge >= 0.3 is 5.97 Å². The Morgan fingerprint density at radius 2 is 1.68 bits per heavy atom.